The van der Waals surface area contributed by atoms with E-state index in [0.29, 0.717) is 15.4 Å². The van der Waals surface area contributed by atoms with Crippen LogP contribution in [0.3, 0.4) is 0 Å². The van der Waals surface area contributed by atoms with Crippen molar-refractivity contribution in [3.63, 3.8) is 0 Å². The van der Waals surface area contributed by atoms with Gasteiger partial charge in [-0.15, -0.1) is 0 Å². The molecule has 0 aromatic heterocycles. The number of hydrogen-bond acceptors (Lipinski definition) is 3. The van der Waals surface area contributed by atoms with E-state index in [1.54, 1.807) is 18.2 Å². The van der Waals surface area contributed by atoms with Gasteiger partial charge in [-0.05, 0) is 34.5 Å². The Morgan fingerprint density at radius 2 is 2.00 bits per heavy atom. The highest BCUT2D eigenvalue weighted by Crippen LogP contribution is 2.32. The Bertz CT molecular complexity index is 602. The number of anilines is 1. The van der Waals surface area contributed by atoms with E-state index in [2.05, 4.69) is 37.2 Å². The zero-order valence-electron chi connectivity index (χ0n) is 10.3. The first-order valence-electron chi connectivity index (χ1n) is 5.85. The van der Waals surface area contributed by atoms with Gasteiger partial charge < -0.3 is 16.2 Å². The Balaban J connectivity index is 2.27. The quantitative estimate of drug-likeness (QED) is 0.676. The number of carboxylic acids is 1. The number of carboxylic acid groups (broad SMARTS) is 1. The Morgan fingerprint density at radius 3 is 2.55 bits per heavy atom. The van der Waals surface area contributed by atoms with Crippen LogP contribution in [0.15, 0.2) is 33.2 Å². The molecule has 20 heavy (non-hydrogen) atoms. The fourth-order valence-electron chi connectivity index (χ4n) is 2.01. The first-order chi connectivity index (χ1) is 9.38. The van der Waals surface area contributed by atoms with Crippen molar-refractivity contribution < 1.29 is 14.7 Å². The Hall–Kier alpha value is -1.18. The molecule has 1 aromatic rings. The number of amides is 1. The molecule has 2 unspecified atom stereocenters. The minimum Gasteiger partial charge on any atom is -0.478 e. The number of rotatable bonds is 3. The molecule has 0 aliphatic heterocycles. The zero-order valence-corrected chi connectivity index (χ0v) is 13.4. The van der Waals surface area contributed by atoms with Crippen LogP contribution in [-0.2, 0) is 4.79 Å². The van der Waals surface area contributed by atoms with Crippen LogP contribution >= 0.6 is 31.9 Å². The summed E-state index contributed by atoms with van der Waals surface area (Å²) >= 11 is 6.49. The van der Waals surface area contributed by atoms with E-state index in [9.17, 15) is 14.7 Å². The molecular weight excluding hydrogens is 392 g/mol. The second-order valence-electron chi connectivity index (χ2n) is 4.50. The number of nitrogens with one attached hydrogen (secondary N) is 1. The fraction of sp³-hybridized carbons (Fsp3) is 0.231. The third-order valence-corrected chi connectivity index (χ3v) is 4.07. The summed E-state index contributed by atoms with van der Waals surface area (Å²) < 4.78 is 1.12. The Morgan fingerprint density at radius 1 is 1.30 bits per heavy atom. The lowest BCUT2D eigenvalue weighted by molar-refractivity contribution is -0.118. The highest BCUT2D eigenvalue weighted by molar-refractivity contribution is 9.11. The van der Waals surface area contributed by atoms with E-state index in [1.807, 2.05) is 0 Å². The predicted octanol–water partition coefficient (Wildman–Crippen LogP) is 2.75. The van der Waals surface area contributed by atoms with Crippen LogP contribution in [0.4, 0.5) is 5.69 Å². The molecule has 0 saturated carbocycles. The summed E-state index contributed by atoms with van der Waals surface area (Å²) in [6.07, 6.45) is 4.05. The number of aromatic carboxylic acids is 1. The number of benzene rings is 1. The monoisotopic (exact) mass is 402 g/mol. The second kappa shape index (κ2) is 6.07. The van der Waals surface area contributed by atoms with Crippen LogP contribution in [-0.4, -0.2) is 23.0 Å². The molecule has 106 valence electrons. The van der Waals surface area contributed by atoms with Crippen molar-refractivity contribution >= 4 is 49.4 Å². The summed E-state index contributed by atoms with van der Waals surface area (Å²) in [5.74, 6) is -1.71. The maximum atomic E-state index is 12.1. The number of carbonyl (C=O) groups is 2. The van der Waals surface area contributed by atoms with Gasteiger partial charge in [-0.25, -0.2) is 4.79 Å². The summed E-state index contributed by atoms with van der Waals surface area (Å²) in [4.78, 5) is 23.4. The van der Waals surface area contributed by atoms with Crippen LogP contribution in [0.25, 0.3) is 0 Å². The van der Waals surface area contributed by atoms with E-state index in [-0.39, 0.29) is 29.1 Å². The van der Waals surface area contributed by atoms with Gasteiger partial charge in [0, 0.05) is 15.0 Å². The van der Waals surface area contributed by atoms with Gasteiger partial charge in [0.2, 0.25) is 5.91 Å². The molecule has 7 heteroatoms. The summed E-state index contributed by atoms with van der Waals surface area (Å²) in [5.41, 5.74) is 5.98. The molecule has 5 nitrogen and oxygen atoms in total. The first kappa shape index (κ1) is 15.2. The zero-order chi connectivity index (χ0) is 14.9. The third kappa shape index (κ3) is 3.28. The van der Waals surface area contributed by atoms with Crippen LogP contribution < -0.4 is 11.1 Å². The van der Waals surface area contributed by atoms with Crippen LogP contribution in [0.1, 0.15) is 16.8 Å². The van der Waals surface area contributed by atoms with Gasteiger partial charge in [0.15, 0.2) is 0 Å². The molecule has 0 bridgehead atoms. The summed E-state index contributed by atoms with van der Waals surface area (Å²) in [5, 5.41) is 11.9. The van der Waals surface area contributed by atoms with E-state index in [4.69, 9.17) is 5.73 Å². The molecule has 2 atom stereocenters. The van der Waals surface area contributed by atoms with Crippen molar-refractivity contribution in [3.8, 4) is 0 Å². The third-order valence-electron chi connectivity index (χ3n) is 2.99. The van der Waals surface area contributed by atoms with Crippen molar-refractivity contribution in [2.75, 3.05) is 5.32 Å². The van der Waals surface area contributed by atoms with E-state index >= 15 is 0 Å². The molecular formula is C13H12Br2N2O3. The number of nitrogens with two attached hydrogens (primary N) is 1. The smallest absolute Gasteiger partial charge is 0.337 e. The normalized spacial score (nSPS) is 20.9. The number of halogens is 2. The van der Waals surface area contributed by atoms with Gasteiger partial charge in [-0.1, -0.05) is 28.1 Å². The van der Waals surface area contributed by atoms with Gasteiger partial charge in [-0.3, -0.25) is 4.79 Å². The van der Waals surface area contributed by atoms with Gasteiger partial charge in [0.1, 0.15) is 0 Å². The molecule has 0 fully saturated rings. The number of hydrogen-bond donors (Lipinski definition) is 3. The molecule has 1 aliphatic rings. The average molecular weight is 404 g/mol. The van der Waals surface area contributed by atoms with Crippen LogP contribution in [0, 0.1) is 5.92 Å². The molecule has 0 saturated heterocycles. The van der Waals surface area contributed by atoms with Crippen molar-refractivity contribution in [1.29, 1.82) is 0 Å². The van der Waals surface area contributed by atoms with Crippen LogP contribution in [0.2, 0.25) is 0 Å². The fourth-order valence-corrected chi connectivity index (χ4v) is 3.33. The largest absolute Gasteiger partial charge is 0.478 e. The minimum absolute atomic E-state index is 0.0193. The summed E-state index contributed by atoms with van der Waals surface area (Å²) in [6.45, 7) is 0. The standard InChI is InChI=1S/C13H12Br2N2O3/c14-7-4-9(13(19)20)11(10(15)5-7)17-12(18)6-1-2-8(16)3-6/h1-2,4-6,8H,3,16H2,(H,17,18)(H,19,20). The topological polar surface area (TPSA) is 92.4 Å². The van der Waals surface area contributed by atoms with Crippen LogP contribution in [0.5, 0.6) is 0 Å². The molecule has 0 radical (unpaired) electrons. The molecule has 4 N–H and O–H groups in total. The lowest BCUT2D eigenvalue weighted by Crippen LogP contribution is -2.25. The maximum Gasteiger partial charge on any atom is 0.337 e. The van der Waals surface area contributed by atoms with Crippen molar-refractivity contribution in [2.24, 2.45) is 11.7 Å². The van der Waals surface area contributed by atoms with Crippen molar-refractivity contribution in [2.45, 2.75) is 12.5 Å². The molecule has 0 heterocycles. The Labute approximate surface area is 132 Å². The SMILES string of the molecule is NC1C=CC(C(=O)Nc2c(Br)cc(Br)cc2C(=O)O)C1. The van der Waals surface area contributed by atoms with E-state index in [0.717, 1.165) is 0 Å². The summed E-state index contributed by atoms with van der Waals surface area (Å²) in [6, 6.07) is 3.00. The molecule has 1 amide bonds. The van der Waals surface area contributed by atoms with Gasteiger partial charge in [0.25, 0.3) is 0 Å². The lowest BCUT2D eigenvalue weighted by Gasteiger charge is -2.14. The van der Waals surface area contributed by atoms with Gasteiger partial charge in [0.05, 0.1) is 17.2 Å². The Kier molecular flexibility index (Phi) is 4.62. The average Bonchev–Trinajstić information content (AvgIpc) is 2.78. The molecule has 2 rings (SSSR count). The molecule has 1 aromatic carbocycles. The molecule has 1 aliphatic carbocycles. The highest BCUT2D eigenvalue weighted by atomic mass is 79.9. The highest BCUT2D eigenvalue weighted by Gasteiger charge is 2.25. The second-order valence-corrected chi connectivity index (χ2v) is 6.27. The van der Waals surface area contributed by atoms with Crippen molar-refractivity contribution in [1.82, 2.24) is 0 Å². The van der Waals surface area contributed by atoms with Gasteiger partial charge in [-0.2, -0.15) is 0 Å². The predicted molar refractivity (Wildman–Crippen MR) is 82.7 cm³/mol. The van der Waals surface area contributed by atoms with Gasteiger partial charge >= 0.3 is 5.97 Å². The van der Waals surface area contributed by atoms with E-state index in [1.165, 1.54) is 6.07 Å². The van der Waals surface area contributed by atoms with E-state index < -0.39 is 5.97 Å². The maximum absolute atomic E-state index is 12.1. The van der Waals surface area contributed by atoms with Crippen molar-refractivity contribution in [3.05, 3.63) is 38.8 Å². The summed E-state index contributed by atoms with van der Waals surface area (Å²) in [7, 11) is 0. The minimum atomic E-state index is -1.11. The number of carbonyl (C=O) groups excluding carboxylic acids is 1. The first-order valence-corrected chi connectivity index (χ1v) is 7.44. The molecule has 0 spiro atoms. The lowest BCUT2D eigenvalue weighted by atomic mass is 10.1.